The summed E-state index contributed by atoms with van der Waals surface area (Å²) in [6, 6.07) is 1.31. The lowest BCUT2D eigenvalue weighted by Gasteiger charge is -2.02. The number of carboxylic acid groups (broad SMARTS) is 1. The van der Waals surface area contributed by atoms with Gasteiger partial charge in [-0.3, -0.25) is 9.89 Å². The van der Waals surface area contributed by atoms with E-state index in [4.69, 9.17) is 5.11 Å². The van der Waals surface area contributed by atoms with E-state index in [1.165, 1.54) is 38.2 Å². The number of hydrogen-bond donors (Lipinski definition) is 3. The molecule has 1 aromatic heterocycles. The van der Waals surface area contributed by atoms with Crippen LogP contribution in [0.15, 0.2) is 6.07 Å². The third-order valence-corrected chi connectivity index (χ3v) is 3.08. The van der Waals surface area contributed by atoms with Crippen molar-refractivity contribution in [3.8, 4) is 0 Å². The molecule has 1 amide bonds. The van der Waals surface area contributed by atoms with E-state index in [9.17, 15) is 9.59 Å². The number of carbonyl (C=O) groups is 2. The van der Waals surface area contributed by atoms with Gasteiger partial charge in [0, 0.05) is 12.5 Å². The molecule has 0 radical (unpaired) electrons. The molecule has 0 aliphatic rings. The molecule has 0 aliphatic carbocycles. The van der Waals surface area contributed by atoms with Gasteiger partial charge in [0.05, 0.1) is 0 Å². The van der Waals surface area contributed by atoms with Crippen molar-refractivity contribution >= 4 is 17.7 Å². The molecule has 0 atom stereocenters. The van der Waals surface area contributed by atoms with E-state index in [0.717, 1.165) is 12.8 Å². The molecule has 3 N–H and O–H groups in total. The van der Waals surface area contributed by atoms with Gasteiger partial charge in [-0.25, -0.2) is 4.79 Å². The summed E-state index contributed by atoms with van der Waals surface area (Å²) in [6.07, 6.45) is 8.55. The van der Waals surface area contributed by atoms with Crippen molar-refractivity contribution in [3.05, 3.63) is 11.8 Å². The van der Waals surface area contributed by atoms with Crippen molar-refractivity contribution in [1.29, 1.82) is 0 Å². The summed E-state index contributed by atoms with van der Waals surface area (Å²) >= 11 is 0. The minimum Gasteiger partial charge on any atom is -0.477 e. The number of nitrogens with one attached hydrogen (secondary N) is 2. The number of unbranched alkanes of at least 4 members (excludes halogenated alkanes) is 6. The maximum atomic E-state index is 11.6. The second-order valence-electron chi connectivity index (χ2n) is 4.89. The Kier molecular flexibility index (Phi) is 7.39. The van der Waals surface area contributed by atoms with Gasteiger partial charge in [0.2, 0.25) is 5.91 Å². The normalized spacial score (nSPS) is 10.4. The molecule has 1 rings (SSSR count). The summed E-state index contributed by atoms with van der Waals surface area (Å²) in [5.74, 6) is -0.956. The van der Waals surface area contributed by atoms with Gasteiger partial charge in [0.25, 0.3) is 0 Å². The van der Waals surface area contributed by atoms with Crippen LogP contribution in [0.5, 0.6) is 0 Å². The van der Waals surface area contributed by atoms with Crippen LogP contribution in [-0.4, -0.2) is 27.2 Å². The average Bonchev–Trinajstić information content (AvgIpc) is 2.86. The van der Waals surface area contributed by atoms with Crippen LogP contribution in [-0.2, 0) is 4.79 Å². The quantitative estimate of drug-likeness (QED) is 0.574. The second-order valence-corrected chi connectivity index (χ2v) is 4.89. The van der Waals surface area contributed by atoms with Crippen molar-refractivity contribution in [2.75, 3.05) is 5.32 Å². The fourth-order valence-corrected chi connectivity index (χ4v) is 1.94. The van der Waals surface area contributed by atoms with Crippen LogP contribution < -0.4 is 5.32 Å². The van der Waals surface area contributed by atoms with Gasteiger partial charge >= 0.3 is 5.97 Å². The molecule has 1 aromatic rings. The van der Waals surface area contributed by atoms with Gasteiger partial charge in [-0.2, -0.15) is 5.10 Å². The number of H-pyrrole nitrogens is 1. The number of aromatic carboxylic acids is 1. The first kappa shape index (κ1) is 16.2. The zero-order valence-electron chi connectivity index (χ0n) is 11.9. The van der Waals surface area contributed by atoms with Gasteiger partial charge in [0.1, 0.15) is 5.69 Å². The number of aromatic amines is 1. The van der Waals surface area contributed by atoms with E-state index >= 15 is 0 Å². The molecule has 0 saturated carbocycles. The molecule has 0 aliphatic heterocycles. The zero-order chi connectivity index (χ0) is 14.8. The highest BCUT2D eigenvalue weighted by Gasteiger charge is 2.09. The van der Waals surface area contributed by atoms with E-state index in [1.54, 1.807) is 0 Å². The number of aromatic nitrogens is 2. The van der Waals surface area contributed by atoms with E-state index in [-0.39, 0.29) is 17.4 Å². The number of rotatable bonds is 10. The van der Waals surface area contributed by atoms with E-state index in [2.05, 4.69) is 22.4 Å². The van der Waals surface area contributed by atoms with Crippen LogP contribution >= 0.6 is 0 Å². The molecular formula is C14H23N3O3. The Morgan fingerprint density at radius 2 is 1.85 bits per heavy atom. The Balaban J connectivity index is 2.12. The fourth-order valence-electron chi connectivity index (χ4n) is 1.94. The summed E-state index contributed by atoms with van der Waals surface area (Å²) in [4.78, 5) is 22.2. The largest absolute Gasteiger partial charge is 0.477 e. The lowest BCUT2D eigenvalue weighted by molar-refractivity contribution is -0.116. The smallest absolute Gasteiger partial charge is 0.353 e. The summed E-state index contributed by atoms with van der Waals surface area (Å²) in [5, 5.41) is 17.4. The first-order valence-corrected chi connectivity index (χ1v) is 7.22. The lowest BCUT2D eigenvalue weighted by atomic mass is 10.1. The number of carboxylic acids is 1. The molecular weight excluding hydrogens is 258 g/mol. The molecule has 6 nitrogen and oxygen atoms in total. The molecule has 0 unspecified atom stereocenters. The minimum atomic E-state index is -1.09. The Hall–Kier alpha value is -1.85. The molecule has 112 valence electrons. The molecule has 6 heteroatoms. The Bertz CT molecular complexity index is 429. The van der Waals surface area contributed by atoms with E-state index < -0.39 is 5.97 Å². The van der Waals surface area contributed by atoms with E-state index in [1.807, 2.05) is 0 Å². The highest BCUT2D eigenvalue weighted by Crippen LogP contribution is 2.10. The molecule has 20 heavy (non-hydrogen) atoms. The topological polar surface area (TPSA) is 95.1 Å². The van der Waals surface area contributed by atoms with Gasteiger partial charge in [-0.15, -0.1) is 0 Å². The predicted molar refractivity (Wildman–Crippen MR) is 76.8 cm³/mol. The van der Waals surface area contributed by atoms with Crippen molar-refractivity contribution in [2.45, 2.75) is 58.3 Å². The average molecular weight is 281 g/mol. The first-order valence-electron chi connectivity index (χ1n) is 7.22. The summed E-state index contributed by atoms with van der Waals surface area (Å²) in [5.41, 5.74) is -0.0313. The highest BCUT2D eigenvalue weighted by molar-refractivity contribution is 5.92. The molecule has 0 spiro atoms. The third kappa shape index (κ3) is 6.36. The molecule has 0 saturated heterocycles. The van der Waals surface area contributed by atoms with Gasteiger partial charge in [0.15, 0.2) is 5.82 Å². The monoisotopic (exact) mass is 281 g/mol. The standard InChI is InChI=1S/C14H23N3O3/c1-2-3-4-5-6-7-8-9-13(18)15-12-10-11(14(19)20)16-17-12/h10H,2-9H2,1H3,(H,19,20)(H2,15,16,17,18). The van der Waals surface area contributed by atoms with Crippen molar-refractivity contribution in [2.24, 2.45) is 0 Å². The minimum absolute atomic E-state index is 0.0313. The Morgan fingerprint density at radius 3 is 2.45 bits per heavy atom. The summed E-state index contributed by atoms with van der Waals surface area (Å²) < 4.78 is 0. The SMILES string of the molecule is CCCCCCCCCC(=O)Nc1cc(C(=O)O)[nH]n1. The fraction of sp³-hybridized carbons (Fsp3) is 0.643. The Morgan fingerprint density at radius 1 is 1.20 bits per heavy atom. The molecule has 0 aromatic carbocycles. The number of amides is 1. The molecule has 0 bridgehead atoms. The van der Waals surface area contributed by atoms with Gasteiger partial charge < -0.3 is 10.4 Å². The molecule has 0 fully saturated rings. The number of hydrogen-bond acceptors (Lipinski definition) is 3. The van der Waals surface area contributed by atoms with Crippen LogP contribution in [0.4, 0.5) is 5.82 Å². The highest BCUT2D eigenvalue weighted by atomic mass is 16.4. The lowest BCUT2D eigenvalue weighted by Crippen LogP contribution is -2.11. The maximum Gasteiger partial charge on any atom is 0.353 e. The van der Waals surface area contributed by atoms with Crippen molar-refractivity contribution in [3.63, 3.8) is 0 Å². The predicted octanol–water partition coefficient (Wildman–Crippen LogP) is 3.19. The first-order chi connectivity index (χ1) is 9.63. The number of nitrogens with zero attached hydrogens (tertiary/aromatic N) is 1. The van der Waals surface area contributed by atoms with Crippen LogP contribution in [0.1, 0.15) is 68.8 Å². The molecule has 1 heterocycles. The van der Waals surface area contributed by atoms with Crippen LogP contribution in [0.25, 0.3) is 0 Å². The summed E-state index contributed by atoms with van der Waals surface area (Å²) in [6.45, 7) is 2.19. The van der Waals surface area contributed by atoms with Crippen LogP contribution in [0.2, 0.25) is 0 Å². The summed E-state index contributed by atoms with van der Waals surface area (Å²) in [7, 11) is 0. The third-order valence-electron chi connectivity index (χ3n) is 3.08. The second kappa shape index (κ2) is 9.12. The number of carbonyl (C=O) groups excluding carboxylic acids is 1. The van der Waals surface area contributed by atoms with Crippen LogP contribution in [0, 0.1) is 0 Å². The van der Waals surface area contributed by atoms with Gasteiger partial charge in [-0.05, 0) is 6.42 Å². The maximum absolute atomic E-state index is 11.6. The van der Waals surface area contributed by atoms with Crippen molar-refractivity contribution < 1.29 is 14.7 Å². The zero-order valence-corrected chi connectivity index (χ0v) is 11.9. The van der Waals surface area contributed by atoms with Gasteiger partial charge in [-0.1, -0.05) is 45.4 Å². The van der Waals surface area contributed by atoms with Crippen molar-refractivity contribution in [1.82, 2.24) is 10.2 Å². The Labute approximate surface area is 119 Å². The van der Waals surface area contributed by atoms with Crippen LogP contribution in [0.3, 0.4) is 0 Å². The number of anilines is 1. The van der Waals surface area contributed by atoms with E-state index in [0.29, 0.717) is 6.42 Å².